The number of aryl methyl sites for hydroxylation is 1. The second-order valence-electron chi connectivity index (χ2n) is 8.81. The van der Waals surface area contributed by atoms with Gasteiger partial charge in [0.1, 0.15) is 23.8 Å². The highest BCUT2D eigenvalue weighted by Crippen LogP contribution is 2.29. The van der Waals surface area contributed by atoms with Gasteiger partial charge in [0.15, 0.2) is 0 Å². The molecular weight excluding hydrogens is 455 g/mol. The van der Waals surface area contributed by atoms with Crippen molar-refractivity contribution in [3.05, 3.63) is 84.2 Å². The van der Waals surface area contributed by atoms with Gasteiger partial charge in [-0.2, -0.15) is 0 Å². The van der Waals surface area contributed by atoms with Crippen LogP contribution in [0, 0.1) is 5.41 Å². The van der Waals surface area contributed by atoms with Gasteiger partial charge in [-0.15, -0.1) is 0 Å². The highest BCUT2D eigenvalue weighted by molar-refractivity contribution is 5.95. The number of methoxy groups -OCH3 is 1. The van der Waals surface area contributed by atoms with Crippen LogP contribution in [0.3, 0.4) is 0 Å². The summed E-state index contributed by atoms with van der Waals surface area (Å²) in [6, 6.07) is 23.0. The van der Waals surface area contributed by atoms with Crippen molar-refractivity contribution in [2.24, 2.45) is 7.05 Å². The maximum absolute atomic E-state index is 13.3. The van der Waals surface area contributed by atoms with E-state index >= 15 is 0 Å². The minimum Gasteiger partial charge on any atom is -0.494 e. The fourth-order valence-electron chi connectivity index (χ4n) is 4.39. The van der Waals surface area contributed by atoms with E-state index in [4.69, 9.17) is 15.1 Å². The number of imidazole rings is 1. The first-order chi connectivity index (χ1) is 17.5. The summed E-state index contributed by atoms with van der Waals surface area (Å²) < 4.78 is 20.1. The number of unbranched alkanes of at least 4 members (excludes halogenated alkanes) is 1. The monoisotopic (exact) mass is 486 g/mol. The van der Waals surface area contributed by atoms with E-state index < -0.39 is 6.67 Å². The molecule has 0 saturated carbocycles. The topological polar surface area (TPSA) is 80.0 Å². The van der Waals surface area contributed by atoms with E-state index in [2.05, 4.69) is 5.32 Å². The SMILES string of the molecule is COc1cccc2c1nc([C@H](CCCCC(=N)CF)NC(=O)c1ccc(-c3ccccc3)cc1)n2C. The number of nitrogens with zero attached hydrogens (tertiary/aromatic N) is 2. The Balaban J connectivity index is 1.57. The zero-order valence-electron chi connectivity index (χ0n) is 20.6. The van der Waals surface area contributed by atoms with Crippen LogP contribution in [0.15, 0.2) is 72.8 Å². The van der Waals surface area contributed by atoms with Gasteiger partial charge in [-0.05, 0) is 54.7 Å². The number of fused-ring (bicyclic) bond motifs is 1. The Morgan fingerprint density at radius 2 is 1.75 bits per heavy atom. The molecule has 186 valence electrons. The van der Waals surface area contributed by atoms with Crippen molar-refractivity contribution in [1.82, 2.24) is 14.9 Å². The quantitative estimate of drug-likeness (QED) is 0.194. The molecule has 0 radical (unpaired) electrons. The summed E-state index contributed by atoms with van der Waals surface area (Å²) in [5.41, 5.74) is 4.45. The molecule has 0 bridgehead atoms. The number of carbonyl (C=O) groups is 1. The molecule has 0 spiro atoms. The van der Waals surface area contributed by atoms with Crippen molar-refractivity contribution in [3.8, 4) is 16.9 Å². The molecule has 36 heavy (non-hydrogen) atoms. The highest BCUT2D eigenvalue weighted by atomic mass is 19.1. The van der Waals surface area contributed by atoms with Crippen molar-refractivity contribution >= 4 is 22.7 Å². The van der Waals surface area contributed by atoms with Crippen LogP contribution in [0.5, 0.6) is 5.75 Å². The predicted molar refractivity (Wildman–Crippen MR) is 142 cm³/mol. The summed E-state index contributed by atoms with van der Waals surface area (Å²) in [6.07, 6.45) is 2.43. The second kappa shape index (κ2) is 11.6. The Kier molecular flexibility index (Phi) is 8.10. The number of amides is 1. The molecule has 1 amide bonds. The largest absolute Gasteiger partial charge is 0.494 e. The number of nitrogens with one attached hydrogen (secondary N) is 2. The van der Waals surface area contributed by atoms with Gasteiger partial charge in [0.25, 0.3) is 5.91 Å². The second-order valence-corrected chi connectivity index (χ2v) is 8.81. The van der Waals surface area contributed by atoms with Gasteiger partial charge in [0.2, 0.25) is 0 Å². The van der Waals surface area contributed by atoms with Crippen molar-refractivity contribution < 1.29 is 13.9 Å². The maximum atomic E-state index is 13.3. The normalized spacial score (nSPS) is 11.9. The molecule has 1 atom stereocenters. The Morgan fingerprint density at radius 3 is 2.44 bits per heavy atom. The third kappa shape index (κ3) is 5.62. The van der Waals surface area contributed by atoms with Crippen LogP contribution in [0.25, 0.3) is 22.2 Å². The maximum Gasteiger partial charge on any atom is 0.251 e. The first-order valence-electron chi connectivity index (χ1n) is 12.1. The lowest BCUT2D eigenvalue weighted by Crippen LogP contribution is -2.30. The summed E-state index contributed by atoms with van der Waals surface area (Å²) >= 11 is 0. The lowest BCUT2D eigenvalue weighted by molar-refractivity contribution is 0.0931. The van der Waals surface area contributed by atoms with E-state index in [1.807, 2.05) is 84.4 Å². The molecule has 4 rings (SSSR count). The molecule has 2 N–H and O–H groups in total. The molecule has 0 aliphatic carbocycles. The van der Waals surface area contributed by atoms with Gasteiger partial charge in [-0.3, -0.25) is 4.79 Å². The Bertz CT molecular complexity index is 1330. The van der Waals surface area contributed by atoms with E-state index in [1.54, 1.807) is 7.11 Å². The highest BCUT2D eigenvalue weighted by Gasteiger charge is 2.22. The zero-order chi connectivity index (χ0) is 25.5. The van der Waals surface area contributed by atoms with Crippen LogP contribution in [0.2, 0.25) is 0 Å². The number of para-hydroxylation sites is 1. The Hall–Kier alpha value is -4.00. The van der Waals surface area contributed by atoms with Crippen LogP contribution >= 0.6 is 0 Å². The minimum atomic E-state index is -0.719. The van der Waals surface area contributed by atoms with Gasteiger partial charge >= 0.3 is 0 Å². The van der Waals surface area contributed by atoms with Crippen LogP contribution in [0.4, 0.5) is 4.39 Å². The van der Waals surface area contributed by atoms with Gasteiger partial charge < -0.3 is 20.0 Å². The first-order valence-corrected chi connectivity index (χ1v) is 12.1. The first kappa shape index (κ1) is 25.1. The van der Waals surface area contributed by atoms with Crippen molar-refractivity contribution in [3.63, 3.8) is 0 Å². The van der Waals surface area contributed by atoms with Gasteiger partial charge in [0, 0.05) is 18.3 Å². The van der Waals surface area contributed by atoms with E-state index in [1.165, 1.54) is 0 Å². The lowest BCUT2D eigenvalue weighted by atomic mass is 10.0. The third-order valence-electron chi connectivity index (χ3n) is 6.38. The molecule has 1 aromatic heterocycles. The van der Waals surface area contributed by atoms with E-state index in [0.717, 1.165) is 34.4 Å². The lowest BCUT2D eigenvalue weighted by Gasteiger charge is -2.19. The van der Waals surface area contributed by atoms with Crippen LogP contribution < -0.4 is 10.1 Å². The van der Waals surface area contributed by atoms with E-state index in [0.29, 0.717) is 30.6 Å². The van der Waals surface area contributed by atoms with Crippen molar-refractivity contribution in [1.29, 1.82) is 5.41 Å². The number of benzene rings is 3. The van der Waals surface area contributed by atoms with Crippen molar-refractivity contribution in [2.75, 3.05) is 13.8 Å². The molecule has 0 unspecified atom stereocenters. The molecule has 1 heterocycles. The standard InChI is InChI=1S/C29H31FN4O2/c1-34-25-13-8-14-26(36-2)27(25)33-28(34)24(12-7-6-11-23(31)19-30)32-29(35)22-17-15-21(16-18-22)20-9-4-3-5-10-20/h3-5,8-10,13-18,24,31H,6-7,11-12,19H2,1-2H3,(H,32,35)/t24-/m0/s1. The number of hydrogen-bond acceptors (Lipinski definition) is 4. The average molecular weight is 487 g/mol. The fourth-order valence-corrected chi connectivity index (χ4v) is 4.39. The van der Waals surface area contributed by atoms with Crippen LogP contribution in [-0.2, 0) is 7.05 Å². The number of aromatic nitrogens is 2. The number of ether oxygens (including phenoxy) is 1. The summed E-state index contributed by atoms with van der Waals surface area (Å²) in [5.74, 6) is 1.21. The van der Waals surface area contributed by atoms with Gasteiger partial charge in [0.05, 0.1) is 18.7 Å². The number of rotatable bonds is 11. The molecule has 0 saturated heterocycles. The number of halogens is 1. The van der Waals surface area contributed by atoms with Crippen molar-refractivity contribution in [2.45, 2.75) is 31.7 Å². The molecule has 0 aliphatic heterocycles. The van der Waals surface area contributed by atoms with E-state index in [9.17, 15) is 9.18 Å². The fraction of sp³-hybridized carbons (Fsp3) is 0.276. The molecule has 0 aliphatic rings. The van der Waals surface area contributed by atoms with Crippen LogP contribution in [-0.4, -0.2) is 35.0 Å². The van der Waals surface area contributed by atoms with E-state index in [-0.39, 0.29) is 17.7 Å². The smallest absolute Gasteiger partial charge is 0.251 e. The molecule has 3 aromatic carbocycles. The third-order valence-corrected chi connectivity index (χ3v) is 6.38. The molecule has 6 nitrogen and oxygen atoms in total. The van der Waals surface area contributed by atoms with Gasteiger partial charge in [-0.25, -0.2) is 9.37 Å². The summed E-state index contributed by atoms with van der Waals surface area (Å²) in [4.78, 5) is 18.1. The number of hydrogen-bond donors (Lipinski definition) is 2. The predicted octanol–water partition coefficient (Wildman–Crippen LogP) is 6.27. The summed E-state index contributed by atoms with van der Waals surface area (Å²) in [6.45, 7) is -0.719. The summed E-state index contributed by atoms with van der Waals surface area (Å²) in [7, 11) is 3.54. The minimum absolute atomic E-state index is 0.0987. The zero-order valence-corrected chi connectivity index (χ0v) is 20.6. The number of alkyl halides is 1. The average Bonchev–Trinajstić information content (AvgIpc) is 3.27. The van der Waals surface area contributed by atoms with Gasteiger partial charge in [-0.1, -0.05) is 55.0 Å². The number of carbonyl (C=O) groups excluding carboxylic acids is 1. The molecule has 4 aromatic rings. The molecule has 0 fully saturated rings. The van der Waals surface area contributed by atoms with Crippen LogP contribution in [0.1, 0.15) is 47.9 Å². The molecular formula is C29H31FN4O2. The summed E-state index contributed by atoms with van der Waals surface area (Å²) in [5, 5.41) is 10.7. The Morgan fingerprint density at radius 1 is 1.03 bits per heavy atom. The Labute approximate surface area is 210 Å². The molecule has 7 heteroatoms.